The second-order valence-corrected chi connectivity index (χ2v) is 5.83. The predicted octanol–water partition coefficient (Wildman–Crippen LogP) is 3.26. The summed E-state index contributed by atoms with van der Waals surface area (Å²) in [5.74, 6) is -2.04. The summed E-state index contributed by atoms with van der Waals surface area (Å²) in [6.45, 7) is 1.77. The van der Waals surface area contributed by atoms with Gasteiger partial charge in [0.05, 0.1) is 15.5 Å². The molecule has 0 fully saturated rings. The van der Waals surface area contributed by atoms with Crippen LogP contribution >= 0.6 is 23.1 Å². The Kier molecular flexibility index (Phi) is 3.82. The molecule has 1 aromatic heterocycles. The van der Waals surface area contributed by atoms with Gasteiger partial charge in [-0.25, -0.2) is 13.8 Å². The molecule has 0 aliphatic rings. The van der Waals surface area contributed by atoms with Crippen LogP contribution in [0.1, 0.15) is 6.92 Å². The molecule has 1 atom stereocenters. The summed E-state index contributed by atoms with van der Waals surface area (Å²) < 4.78 is 26.5. The number of thiazole rings is 1. The first-order chi connectivity index (χ1) is 8.51. The number of nitrogens with one attached hydrogen (secondary N) is 1. The monoisotopic (exact) mass is 288 g/mol. The van der Waals surface area contributed by atoms with Gasteiger partial charge in [-0.2, -0.15) is 11.8 Å². The molecule has 7 heteroatoms. The lowest BCUT2D eigenvalue weighted by Gasteiger charge is -2.06. The Bertz CT molecular complexity index is 561. The van der Waals surface area contributed by atoms with Crippen molar-refractivity contribution >= 4 is 44.4 Å². The average molecular weight is 288 g/mol. The molecule has 0 aliphatic carbocycles. The largest absolute Gasteiger partial charge is 0.301 e. The fraction of sp³-hybridized carbons (Fsp3) is 0.273. The summed E-state index contributed by atoms with van der Waals surface area (Å²) in [7, 11) is 0. The Morgan fingerprint density at radius 3 is 2.78 bits per heavy atom. The van der Waals surface area contributed by atoms with Gasteiger partial charge in [-0.15, -0.1) is 0 Å². The molecule has 96 valence electrons. The number of aromatic nitrogens is 1. The second kappa shape index (κ2) is 5.19. The highest BCUT2D eigenvalue weighted by molar-refractivity contribution is 7.99. The normalized spacial score (nSPS) is 12.7. The summed E-state index contributed by atoms with van der Waals surface area (Å²) in [5, 5.41) is 2.77. The number of nitrogens with zero attached hydrogens (tertiary/aromatic N) is 1. The number of fused-ring (bicyclic) bond motifs is 1. The van der Waals surface area contributed by atoms with Crippen LogP contribution in [0.25, 0.3) is 10.2 Å². The lowest BCUT2D eigenvalue weighted by Crippen LogP contribution is -2.21. The Labute approximate surface area is 111 Å². The molecule has 0 saturated heterocycles. The molecular weight excluding hydrogens is 278 g/mol. The highest BCUT2D eigenvalue weighted by Gasteiger charge is 2.14. The third-order valence-electron chi connectivity index (χ3n) is 2.38. The molecular formula is C11H10F2N2OS2. The first-order valence-electron chi connectivity index (χ1n) is 5.10. The van der Waals surface area contributed by atoms with E-state index in [1.807, 2.05) is 6.26 Å². The van der Waals surface area contributed by atoms with Gasteiger partial charge < -0.3 is 5.32 Å². The van der Waals surface area contributed by atoms with Crippen LogP contribution < -0.4 is 5.32 Å². The zero-order valence-corrected chi connectivity index (χ0v) is 11.3. The number of benzene rings is 1. The Balaban J connectivity index is 2.28. The fourth-order valence-corrected chi connectivity index (χ4v) is 2.44. The second-order valence-electron chi connectivity index (χ2n) is 3.62. The van der Waals surface area contributed by atoms with Gasteiger partial charge in [0.1, 0.15) is 0 Å². The van der Waals surface area contributed by atoms with E-state index in [4.69, 9.17) is 0 Å². The van der Waals surface area contributed by atoms with Crippen LogP contribution in [0.2, 0.25) is 0 Å². The lowest BCUT2D eigenvalue weighted by molar-refractivity contribution is -0.115. The van der Waals surface area contributed by atoms with E-state index < -0.39 is 11.6 Å². The third kappa shape index (κ3) is 2.62. The molecule has 0 bridgehead atoms. The summed E-state index contributed by atoms with van der Waals surface area (Å²) in [5.41, 5.74) is 0.339. The van der Waals surface area contributed by atoms with Gasteiger partial charge in [-0.05, 0) is 19.2 Å². The summed E-state index contributed by atoms with van der Waals surface area (Å²) in [6.07, 6.45) is 1.83. The number of thioether (sulfide) groups is 1. The van der Waals surface area contributed by atoms with Crippen molar-refractivity contribution in [3.8, 4) is 0 Å². The van der Waals surface area contributed by atoms with E-state index in [1.165, 1.54) is 11.8 Å². The maximum atomic E-state index is 13.0. The SMILES string of the molecule is CS[C@@H](C)C(=O)Nc1nc2cc(F)c(F)cc2s1. The quantitative estimate of drug-likeness (QED) is 0.942. The molecule has 3 nitrogen and oxygen atoms in total. The number of anilines is 1. The van der Waals surface area contributed by atoms with E-state index in [0.717, 1.165) is 23.5 Å². The van der Waals surface area contributed by atoms with E-state index in [-0.39, 0.29) is 11.2 Å². The Hall–Kier alpha value is -1.21. The number of amides is 1. The number of hydrogen-bond acceptors (Lipinski definition) is 4. The molecule has 0 unspecified atom stereocenters. The number of rotatable bonds is 3. The molecule has 18 heavy (non-hydrogen) atoms. The zero-order chi connectivity index (χ0) is 13.3. The maximum Gasteiger partial charge on any atom is 0.238 e. The third-order valence-corrected chi connectivity index (χ3v) is 4.24. The maximum absolute atomic E-state index is 13.0. The predicted molar refractivity (Wildman–Crippen MR) is 71.1 cm³/mol. The van der Waals surface area contributed by atoms with Crippen LogP contribution in [0, 0.1) is 11.6 Å². The van der Waals surface area contributed by atoms with Gasteiger partial charge in [0.25, 0.3) is 0 Å². The Morgan fingerprint density at radius 1 is 1.44 bits per heavy atom. The first-order valence-corrected chi connectivity index (χ1v) is 7.21. The van der Waals surface area contributed by atoms with E-state index in [9.17, 15) is 13.6 Å². The molecule has 0 spiro atoms. The van der Waals surface area contributed by atoms with Crippen molar-refractivity contribution < 1.29 is 13.6 Å². The molecule has 2 rings (SSSR count). The first kappa shape index (κ1) is 13.2. The van der Waals surface area contributed by atoms with E-state index in [1.54, 1.807) is 6.92 Å². The number of carbonyl (C=O) groups excluding carboxylic acids is 1. The molecule has 0 radical (unpaired) electrons. The van der Waals surface area contributed by atoms with Crippen LogP contribution in [0.5, 0.6) is 0 Å². The standard InChI is InChI=1S/C11H10F2N2OS2/c1-5(17-2)10(16)15-11-14-8-3-6(12)7(13)4-9(8)18-11/h3-5H,1-2H3,(H,14,15,16)/t5-/m0/s1. The van der Waals surface area contributed by atoms with Crippen LogP contribution in [0.15, 0.2) is 12.1 Å². The Morgan fingerprint density at radius 2 is 2.11 bits per heavy atom. The van der Waals surface area contributed by atoms with Crippen LogP contribution in [0.4, 0.5) is 13.9 Å². The molecule has 0 saturated carbocycles. The van der Waals surface area contributed by atoms with Gasteiger partial charge in [-0.1, -0.05) is 11.3 Å². The molecule has 1 heterocycles. The van der Waals surface area contributed by atoms with E-state index >= 15 is 0 Å². The highest BCUT2D eigenvalue weighted by atomic mass is 32.2. The zero-order valence-electron chi connectivity index (χ0n) is 9.66. The van der Waals surface area contributed by atoms with Crippen molar-refractivity contribution in [2.24, 2.45) is 0 Å². The highest BCUT2D eigenvalue weighted by Crippen LogP contribution is 2.28. The van der Waals surface area contributed by atoms with Crippen molar-refractivity contribution in [3.05, 3.63) is 23.8 Å². The minimum Gasteiger partial charge on any atom is -0.301 e. The van der Waals surface area contributed by atoms with Crippen LogP contribution in [0.3, 0.4) is 0 Å². The summed E-state index contributed by atoms with van der Waals surface area (Å²) in [4.78, 5) is 15.7. The topological polar surface area (TPSA) is 42.0 Å². The molecule has 1 amide bonds. The van der Waals surface area contributed by atoms with E-state index in [2.05, 4.69) is 10.3 Å². The molecule has 1 aromatic carbocycles. The molecule has 1 N–H and O–H groups in total. The fourth-order valence-electron chi connectivity index (χ4n) is 1.29. The van der Waals surface area contributed by atoms with Crippen molar-refractivity contribution in [2.75, 3.05) is 11.6 Å². The van der Waals surface area contributed by atoms with Crippen molar-refractivity contribution in [1.82, 2.24) is 4.98 Å². The van der Waals surface area contributed by atoms with Crippen LogP contribution in [-0.2, 0) is 4.79 Å². The minimum atomic E-state index is -0.942. The number of hydrogen-bond donors (Lipinski definition) is 1. The number of carbonyl (C=O) groups is 1. The molecule has 0 aliphatic heterocycles. The van der Waals surface area contributed by atoms with Gasteiger partial charge in [-0.3, -0.25) is 4.79 Å². The smallest absolute Gasteiger partial charge is 0.238 e. The van der Waals surface area contributed by atoms with Crippen molar-refractivity contribution in [3.63, 3.8) is 0 Å². The average Bonchev–Trinajstić information content (AvgIpc) is 2.70. The van der Waals surface area contributed by atoms with Gasteiger partial charge >= 0.3 is 0 Å². The van der Waals surface area contributed by atoms with Gasteiger partial charge in [0.15, 0.2) is 16.8 Å². The van der Waals surface area contributed by atoms with Crippen molar-refractivity contribution in [1.29, 1.82) is 0 Å². The van der Waals surface area contributed by atoms with Crippen LogP contribution in [-0.4, -0.2) is 22.4 Å². The number of halogens is 2. The minimum absolute atomic E-state index is 0.178. The summed E-state index contributed by atoms with van der Waals surface area (Å²) >= 11 is 2.53. The van der Waals surface area contributed by atoms with Gasteiger partial charge in [0.2, 0.25) is 5.91 Å². The van der Waals surface area contributed by atoms with Gasteiger partial charge in [0, 0.05) is 6.07 Å². The van der Waals surface area contributed by atoms with Crippen molar-refractivity contribution in [2.45, 2.75) is 12.2 Å². The molecule has 2 aromatic rings. The lowest BCUT2D eigenvalue weighted by atomic mass is 10.3. The van der Waals surface area contributed by atoms with E-state index in [0.29, 0.717) is 15.3 Å². The summed E-state index contributed by atoms with van der Waals surface area (Å²) in [6, 6.07) is 2.10.